The summed E-state index contributed by atoms with van der Waals surface area (Å²) in [5, 5.41) is 14.0. The third-order valence-electron chi connectivity index (χ3n) is 17.8. The SMILES string of the molecule is CCCCCCCCCCCCCCCCCCCCCCCCCCCCCC/C=C/C(O)C(COP(=O)(O)OCC[N+](C)(C)C)NC(=O)CCCCCCCCCCCCCCCCCCCCCCCCCCCCCCCCC. The zero-order chi connectivity index (χ0) is 60.5. The Morgan fingerprint density at radius 3 is 0.892 bits per heavy atom. The van der Waals surface area contributed by atoms with Crippen LogP contribution < -0.4 is 5.32 Å². The summed E-state index contributed by atoms with van der Waals surface area (Å²) in [5.41, 5.74) is 0. The van der Waals surface area contributed by atoms with Gasteiger partial charge in [-0.05, 0) is 19.3 Å². The van der Waals surface area contributed by atoms with Gasteiger partial charge in [0.25, 0.3) is 0 Å². The Balaban J connectivity index is 3.98. The van der Waals surface area contributed by atoms with E-state index in [0.717, 1.165) is 32.1 Å². The molecule has 3 atom stereocenters. The van der Waals surface area contributed by atoms with Gasteiger partial charge < -0.3 is 19.8 Å². The summed E-state index contributed by atoms with van der Waals surface area (Å²) >= 11 is 0. The van der Waals surface area contributed by atoms with Crippen LogP contribution in [0, 0.1) is 0 Å². The Morgan fingerprint density at radius 2 is 0.639 bits per heavy atom. The molecule has 8 nitrogen and oxygen atoms in total. The molecule has 0 saturated carbocycles. The molecule has 0 fully saturated rings. The Labute approximate surface area is 520 Å². The highest BCUT2D eigenvalue weighted by Crippen LogP contribution is 2.43. The van der Waals surface area contributed by atoms with E-state index in [9.17, 15) is 19.4 Å². The first-order valence-corrected chi connectivity index (χ1v) is 39.1. The minimum absolute atomic E-state index is 0.0656. The van der Waals surface area contributed by atoms with Crippen LogP contribution >= 0.6 is 7.82 Å². The van der Waals surface area contributed by atoms with Gasteiger partial charge in [-0.2, -0.15) is 0 Å². The lowest BCUT2D eigenvalue weighted by Crippen LogP contribution is -2.45. The van der Waals surface area contributed by atoms with Crippen LogP contribution in [0.15, 0.2) is 12.2 Å². The number of likely N-dealkylation sites (N-methyl/N-ethyl adjacent to an activating group) is 1. The van der Waals surface area contributed by atoms with E-state index in [4.69, 9.17) is 9.05 Å². The van der Waals surface area contributed by atoms with Crippen molar-refractivity contribution in [3.05, 3.63) is 12.2 Å². The van der Waals surface area contributed by atoms with Gasteiger partial charge in [0, 0.05) is 6.42 Å². The number of phosphoric acid groups is 1. The second kappa shape index (κ2) is 65.7. The first-order chi connectivity index (χ1) is 40.5. The molecule has 0 aliphatic rings. The lowest BCUT2D eigenvalue weighted by molar-refractivity contribution is -0.870. The minimum atomic E-state index is -4.35. The second-order valence-corrected chi connectivity index (χ2v) is 28.8. The molecular formula is C74H150N2O6P+. The van der Waals surface area contributed by atoms with E-state index in [1.54, 1.807) is 6.08 Å². The molecule has 3 N–H and O–H groups in total. The number of unbranched alkanes of at least 4 members (excludes halogenated alkanes) is 58. The number of nitrogens with one attached hydrogen (secondary N) is 1. The fourth-order valence-electron chi connectivity index (χ4n) is 11.9. The maximum absolute atomic E-state index is 13.1. The van der Waals surface area contributed by atoms with Crippen LogP contribution in [-0.4, -0.2) is 73.4 Å². The molecule has 1 amide bonds. The Bertz CT molecular complexity index is 1360. The molecular weight excluding hydrogens is 1040 g/mol. The van der Waals surface area contributed by atoms with Gasteiger partial charge >= 0.3 is 7.82 Å². The van der Waals surface area contributed by atoms with Crippen molar-refractivity contribution in [1.82, 2.24) is 5.32 Å². The topological polar surface area (TPSA) is 105 Å². The predicted molar refractivity (Wildman–Crippen MR) is 365 cm³/mol. The summed E-state index contributed by atoms with van der Waals surface area (Å²) in [5.74, 6) is -0.166. The molecule has 0 saturated heterocycles. The van der Waals surface area contributed by atoms with Gasteiger partial charge in [0.1, 0.15) is 13.2 Å². The number of allylic oxidation sites excluding steroid dienone is 1. The molecule has 0 aromatic rings. The lowest BCUT2D eigenvalue weighted by atomic mass is 10.0. The number of carbonyl (C=O) groups excluding carboxylic acids is 1. The van der Waals surface area contributed by atoms with Gasteiger partial charge in [0.2, 0.25) is 5.91 Å². The highest BCUT2D eigenvalue weighted by molar-refractivity contribution is 7.47. The van der Waals surface area contributed by atoms with Crippen LogP contribution in [0.5, 0.6) is 0 Å². The Hall–Kier alpha value is -0.760. The quantitative estimate of drug-likeness (QED) is 0.0243. The minimum Gasteiger partial charge on any atom is -0.387 e. The number of carbonyl (C=O) groups is 1. The highest BCUT2D eigenvalue weighted by Gasteiger charge is 2.28. The van der Waals surface area contributed by atoms with Crippen molar-refractivity contribution >= 4 is 13.7 Å². The molecule has 9 heteroatoms. The van der Waals surface area contributed by atoms with Crippen molar-refractivity contribution in [2.45, 2.75) is 418 Å². The van der Waals surface area contributed by atoms with Crippen molar-refractivity contribution in [2.75, 3.05) is 40.9 Å². The number of hydrogen-bond donors (Lipinski definition) is 3. The molecule has 83 heavy (non-hydrogen) atoms. The second-order valence-electron chi connectivity index (χ2n) is 27.4. The largest absolute Gasteiger partial charge is 0.472 e. The van der Waals surface area contributed by atoms with Crippen LogP contribution in [0.2, 0.25) is 0 Å². The Kier molecular flexibility index (Phi) is 65.1. The summed E-state index contributed by atoms with van der Waals surface area (Å²) in [6.45, 7) is 4.90. The van der Waals surface area contributed by atoms with Gasteiger partial charge in [-0.25, -0.2) is 4.57 Å². The van der Waals surface area contributed by atoms with Crippen molar-refractivity contribution in [3.63, 3.8) is 0 Å². The summed E-state index contributed by atoms with van der Waals surface area (Å²) in [6, 6.07) is -0.844. The number of aliphatic hydroxyl groups excluding tert-OH is 1. The first-order valence-electron chi connectivity index (χ1n) is 37.6. The fraction of sp³-hybridized carbons (Fsp3) is 0.959. The van der Waals surface area contributed by atoms with Gasteiger partial charge in [-0.1, -0.05) is 392 Å². The molecule has 0 aromatic carbocycles. The number of hydrogen-bond acceptors (Lipinski definition) is 5. The molecule has 0 aromatic heterocycles. The zero-order valence-electron chi connectivity index (χ0n) is 57.0. The molecule has 496 valence electrons. The monoisotopic (exact) mass is 1190 g/mol. The van der Waals surface area contributed by atoms with Crippen molar-refractivity contribution in [2.24, 2.45) is 0 Å². The molecule has 0 rings (SSSR count). The maximum Gasteiger partial charge on any atom is 0.472 e. The third-order valence-corrected chi connectivity index (χ3v) is 18.7. The highest BCUT2D eigenvalue weighted by atomic mass is 31.2. The van der Waals surface area contributed by atoms with Crippen LogP contribution in [-0.2, 0) is 18.4 Å². The van der Waals surface area contributed by atoms with E-state index in [0.29, 0.717) is 17.4 Å². The average molecular weight is 1190 g/mol. The van der Waals surface area contributed by atoms with Gasteiger partial charge in [-0.15, -0.1) is 0 Å². The summed E-state index contributed by atoms with van der Waals surface area (Å²) in [7, 11) is 1.60. The standard InChI is InChI=1S/C74H149N2O6P/c1-6-8-10-12-14-16-18-20-22-24-26-28-30-32-34-36-38-40-42-44-46-48-50-52-54-56-58-60-62-64-66-68-74(78)75-72(71-82-83(79,80)81-70-69-76(3,4)5)73(77)67-65-63-61-59-57-55-53-51-49-47-45-43-41-39-37-35-33-31-29-27-25-23-21-19-17-15-13-11-9-7-2/h65,67,72-73,77H,6-64,66,68-71H2,1-5H3,(H-,75,78,79,80)/p+1/b67-65+. The summed E-state index contributed by atoms with van der Waals surface area (Å²) in [4.78, 5) is 23.5. The van der Waals surface area contributed by atoms with E-state index in [1.165, 1.54) is 353 Å². The normalized spacial score (nSPS) is 13.6. The lowest BCUT2D eigenvalue weighted by Gasteiger charge is -2.25. The van der Waals surface area contributed by atoms with Gasteiger partial charge in [-0.3, -0.25) is 13.8 Å². The maximum atomic E-state index is 13.1. The molecule has 0 aliphatic carbocycles. The molecule has 0 radical (unpaired) electrons. The molecule has 0 aliphatic heterocycles. The fourth-order valence-corrected chi connectivity index (χ4v) is 12.7. The van der Waals surface area contributed by atoms with Crippen molar-refractivity contribution in [3.8, 4) is 0 Å². The van der Waals surface area contributed by atoms with E-state index in [2.05, 4.69) is 19.2 Å². The number of aliphatic hydroxyl groups is 1. The molecule has 3 unspecified atom stereocenters. The van der Waals surface area contributed by atoms with Crippen LogP contribution in [0.3, 0.4) is 0 Å². The number of nitrogens with zero attached hydrogens (tertiary/aromatic N) is 1. The Morgan fingerprint density at radius 1 is 0.398 bits per heavy atom. The van der Waals surface area contributed by atoms with Gasteiger partial charge in [0.05, 0.1) is 39.9 Å². The van der Waals surface area contributed by atoms with E-state index in [-0.39, 0.29) is 19.1 Å². The van der Waals surface area contributed by atoms with E-state index >= 15 is 0 Å². The molecule has 0 bridgehead atoms. The summed E-state index contributed by atoms with van der Waals surface area (Å²) < 4.78 is 23.9. The smallest absolute Gasteiger partial charge is 0.387 e. The predicted octanol–water partition coefficient (Wildman–Crippen LogP) is 24.1. The van der Waals surface area contributed by atoms with Crippen LogP contribution in [0.25, 0.3) is 0 Å². The average Bonchev–Trinajstić information content (AvgIpc) is 3.49. The van der Waals surface area contributed by atoms with Crippen LogP contribution in [0.4, 0.5) is 0 Å². The number of phosphoric ester groups is 1. The number of quaternary nitrogens is 1. The zero-order valence-corrected chi connectivity index (χ0v) is 57.9. The van der Waals surface area contributed by atoms with E-state index in [1.807, 2.05) is 27.2 Å². The summed E-state index contributed by atoms with van der Waals surface area (Å²) in [6.07, 6.45) is 85.3. The van der Waals surface area contributed by atoms with Crippen molar-refractivity contribution in [1.29, 1.82) is 0 Å². The van der Waals surface area contributed by atoms with Crippen LogP contribution in [0.1, 0.15) is 406 Å². The van der Waals surface area contributed by atoms with Gasteiger partial charge in [0.15, 0.2) is 0 Å². The first kappa shape index (κ1) is 82.2. The number of rotatable bonds is 71. The number of amides is 1. The third kappa shape index (κ3) is 68.6. The van der Waals surface area contributed by atoms with Crippen molar-refractivity contribution < 1.29 is 32.9 Å². The molecule has 0 heterocycles. The van der Waals surface area contributed by atoms with E-state index < -0.39 is 20.0 Å². The molecule has 0 spiro atoms.